The van der Waals surface area contributed by atoms with Crippen LogP contribution in [-0.4, -0.2) is 60.8 Å². The summed E-state index contributed by atoms with van der Waals surface area (Å²) >= 11 is 6.52. The molecule has 0 aliphatic carbocycles. The lowest BCUT2D eigenvalue weighted by atomic mass is 9.97. The molecule has 2 aliphatic rings. The Bertz CT molecular complexity index is 1070. The Hall–Kier alpha value is -2.90. The summed E-state index contributed by atoms with van der Waals surface area (Å²) in [7, 11) is 1.63. The summed E-state index contributed by atoms with van der Waals surface area (Å²) in [5.74, 6) is 0.230. The number of carbonyl (C=O) groups excluding carboxylic acids is 2. The fourth-order valence-electron chi connectivity index (χ4n) is 4.62. The first-order valence-electron chi connectivity index (χ1n) is 11.7. The number of piperidine rings is 1. The van der Waals surface area contributed by atoms with Crippen molar-refractivity contribution in [3.05, 3.63) is 64.7 Å². The predicted molar refractivity (Wildman–Crippen MR) is 131 cm³/mol. The Morgan fingerprint density at radius 1 is 1.18 bits per heavy atom. The molecule has 0 saturated carbocycles. The van der Waals surface area contributed by atoms with E-state index in [1.807, 2.05) is 60.4 Å². The van der Waals surface area contributed by atoms with Crippen molar-refractivity contribution in [1.29, 1.82) is 0 Å². The number of rotatable bonds is 7. The van der Waals surface area contributed by atoms with Gasteiger partial charge >= 0.3 is 5.97 Å². The average molecular weight is 484 g/mol. The lowest BCUT2D eigenvalue weighted by Crippen LogP contribution is -2.44. The van der Waals surface area contributed by atoms with Gasteiger partial charge in [0.2, 0.25) is 0 Å². The first-order valence-corrected chi connectivity index (χ1v) is 12.0. The van der Waals surface area contributed by atoms with Crippen molar-refractivity contribution in [3.63, 3.8) is 0 Å². The maximum Gasteiger partial charge on any atom is 0.310 e. The Balaban J connectivity index is 1.56. The van der Waals surface area contributed by atoms with Crippen LogP contribution in [0.3, 0.4) is 0 Å². The van der Waals surface area contributed by atoms with Crippen molar-refractivity contribution in [2.24, 2.45) is 11.0 Å². The number of benzene rings is 2. The van der Waals surface area contributed by atoms with E-state index in [2.05, 4.69) is 0 Å². The van der Waals surface area contributed by atoms with Crippen LogP contribution in [0.5, 0.6) is 5.75 Å². The Labute approximate surface area is 205 Å². The van der Waals surface area contributed by atoms with Gasteiger partial charge in [0.25, 0.3) is 5.91 Å². The molecule has 1 amide bonds. The standard InChI is InChI=1S/C26H30ClN3O4/c1-3-34-26(32)19-9-7-13-29(16-19)17-25(31)30-24(21-11-4-5-12-22(21)27)15-23(28-30)18-8-6-10-20(14-18)33-2/h4-6,8,10-12,14,19,24H,3,7,9,13,15-17H2,1-2H3/t19-,24-/m0/s1. The highest BCUT2D eigenvalue weighted by molar-refractivity contribution is 6.31. The molecular formula is C26H30ClN3O4. The summed E-state index contributed by atoms with van der Waals surface area (Å²) < 4.78 is 10.6. The van der Waals surface area contributed by atoms with Gasteiger partial charge in [-0.25, -0.2) is 5.01 Å². The molecule has 34 heavy (non-hydrogen) atoms. The maximum absolute atomic E-state index is 13.5. The first-order chi connectivity index (χ1) is 16.5. The molecule has 0 unspecified atom stereocenters. The van der Waals surface area contributed by atoms with Crippen LogP contribution < -0.4 is 4.74 Å². The molecule has 0 aromatic heterocycles. The van der Waals surface area contributed by atoms with Crippen LogP contribution in [0.15, 0.2) is 53.6 Å². The number of hydrazone groups is 1. The van der Waals surface area contributed by atoms with E-state index >= 15 is 0 Å². The van der Waals surface area contributed by atoms with Crippen LogP contribution in [0.2, 0.25) is 5.02 Å². The quantitative estimate of drug-likeness (QED) is 0.549. The minimum atomic E-state index is -0.298. The van der Waals surface area contributed by atoms with Gasteiger partial charge in [-0.05, 0) is 50.1 Å². The summed E-state index contributed by atoms with van der Waals surface area (Å²) in [4.78, 5) is 27.7. The van der Waals surface area contributed by atoms with Gasteiger partial charge < -0.3 is 9.47 Å². The topological polar surface area (TPSA) is 71.4 Å². The molecule has 8 heteroatoms. The zero-order chi connectivity index (χ0) is 24.1. The molecule has 0 bridgehead atoms. The second-order valence-electron chi connectivity index (χ2n) is 8.58. The third-order valence-electron chi connectivity index (χ3n) is 6.32. The lowest BCUT2D eigenvalue weighted by molar-refractivity contribution is -0.150. The van der Waals surface area contributed by atoms with Gasteiger partial charge in [0.1, 0.15) is 5.75 Å². The number of ether oxygens (including phenoxy) is 2. The lowest BCUT2D eigenvalue weighted by Gasteiger charge is -2.32. The summed E-state index contributed by atoms with van der Waals surface area (Å²) in [6.07, 6.45) is 2.19. The largest absolute Gasteiger partial charge is 0.497 e. The molecule has 4 rings (SSSR count). The van der Waals surface area contributed by atoms with Crippen molar-refractivity contribution >= 4 is 29.2 Å². The van der Waals surface area contributed by atoms with Crippen molar-refractivity contribution < 1.29 is 19.1 Å². The number of amides is 1. The number of carbonyl (C=O) groups is 2. The van der Waals surface area contributed by atoms with Crippen LogP contribution in [-0.2, 0) is 14.3 Å². The molecular weight excluding hydrogens is 454 g/mol. The molecule has 2 aliphatic heterocycles. The minimum Gasteiger partial charge on any atom is -0.497 e. The molecule has 180 valence electrons. The second-order valence-corrected chi connectivity index (χ2v) is 8.99. The van der Waals surface area contributed by atoms with Crippen LogP contribution >= 0.6 is 11.6 Å². The van der Waals surface area contributed by atoms with E-state index in [-0.39, 0.29) is 30.4 Å². The van der Waals surface area contributed by atoms with Crippen molar-refractivity contribution in [2.75, 3.05) is 33.4 Å². The predicted octanol–water partition coefficient (Wildman–Crippen LogP) is 4.30. The number of hydrogen-bond acceptors (Lipinski definition) is 6. The summed E-state index contributed by atoms with van der Waals surface area (Å²) in [6, 6.07) is 14.9. The van der Waals surface area contributed by atoms with Crippen LogP contribution in [0.4, 0.5) is 0 Å². The molecule has 0 spiro atoms. The molecule has 2 heterocycles. The van der Waals surface area contributed by atoms with Gasteiger partial charge in [-0.3, -0.25) is 14.5 Å². The maximum atomic E-state index is 13.5. The zero-order valence-electron chi connectivity index (χ0n) is 19.6. The number of hydrogen-bond donors (Lipinski definition) is 0. The molecule has 2 atom stereocenters. The summed E-state index contributed by atoms with van der Waals surface area (Å²) in [5.41, 5.74) is 2.58. The van der Waals surface area contributed by atoms with Gasteiger partial charge in [0, 0.05) is 23.6 Å². The number of esters is 1. The number of halogens is 1. The van der Waals surface area contributed by atoms with Crippen LogP contribution in [0, 0.1) is 5.92 Å². The van der Waals surface area contributed by atoms with Gasteiger partial charge in [0.15, 0.2) is 0 Å². The fourth-order valence-corrected chi connectivity index (χ4v) is 4.88. The zero-order valence-corrected chi connectivity index (χ0v) is 20.3. The van der Waals surface area contributed by atoms with E-state index in [1.165, 1.54) is 0 Å². The molecule has 2 aromatic rings. The minimum absolute atomic E-state index is 0.118. The number of nitrogens with zero attached hydrogens (tertiary/aromatic N) is 3. The Morgan fingerprint density at radius 3 is 2.76 bits per heavy atom. The fraction of sp³-hybridized carbons (Fsp3) is 0.423. The second kappa shape index (κ2) is 11.0. The molecule has 0 radical (unpaired) electrons. The smallest absolute Gasteiger partial charge is 0.310 e. The van der Waals surface area contributed by atoms with E-state index < -0.39 is 0 Å². The van der Waals surface area contributed by atoms with E-state index in [0.717, 1.165) is 42.0 Å². The van der Waals surface area contributed by atoms with E-state index in [1.54, 1.807) is 12.1 Å². The van der Waals surface area contributed by atoms with Gasteiger partial charge in [-0.15, -0.1) is 0 Å². The van der Waals surface area contributed by atoms with Crippen LogP contribution in [0.1, 0.15) is 43.4 Å². The Kier molecular flexibility index (Phi) is 7.85. The SMILES string of the molecule is CCOC(=O)[C@H]1CCCN(CC(=O)N2N=C(c3cccc(OC)c3)C[C@H]2c2ccccc2Cl)C1. The molecule has 1 saturated heterocycles. The molecule has 0 N–H and O–H groups in total. The first kappa shape index (κ1) is 24.2. The third kappa shape index (κ3) is 5.42. The van der Waals surface area contributed by atoms with Crippen molar-refractivity contribution in [2.45, 2.75) is 32.2 Å². The molecule has 7 nitrogen and oxygen atoms in total. The number of likely N-dealkylation sites (tertiary alicyclic amines) is 1. The van der Waals surface area contributed by atoms with Crippen molar-refractivity contribution in [1.82, 2.24) is 9.91 Å². The molecule has 1 fully saturated rings. The molecule has 2 aromatic carbocycles. The highest BCUT2D eigenvalue weighted by atomic mass is 35.5. The van der Waals surface area contributed by atoms with Crippen molar-refractivity contribution in [3.8, 4) is 5.75 Å². The highest BCUT2D eigenvalue weighted by Gasteiger charge is 2.36. The normalized spacial score (nSPS) is 20.7. The number of methoxy groups -OCH3 is 1. The van der Waals surface area contributed by atoms with Gasteiger partial charge in [-0.1, -0.05) is 41.9 Å². The van der Waals surface area contributed by atoms with E-state index in [0.29, 0.717) is 24.6 Å². The third-order valence-corrected chi connectivity index (χ3v) is 6.66. The average Bonchev–Trinajstić information content (AvgIpc) is 3.30. The van der Waals surface area contributed by atoms with E-state index in [9.17, 15) is 9.59 Å². The highest BCUT2D eigenvalue weighted by Crippen LogP contribution is 2.37. The summed E-state index contributed by atoms with van der Waals surface area (Å²) in [5, 5.41) is 6.91. The van der Waals surface area contributed by atoms with Gasteiger partial charge in [0.05, 0.1) is 37.9 Å². The van der Waals surface area contributed by atoms with Crippen LogP contribution in [0.25, 0.3) is 0 Å². The Morgan fingerprint density at radius 2 is 2.00 bits per heavy atom. The van der Waals surface area contributed by atoms with E-state index in [4.69, 9.17) is 26.2 Å². The monoisotopic (exact) mass is 483 g/mol. The summed E-state index contributed by atoms with van der Waals surface area (Å²) in [6.45, 7) is 3.64. The van der Waals surface area contributed by atoms with Gasteiger partial charge in [-0.2, -0.15) is 5.10 Å².